The Balaban J connectivity index is 2.46. The number of rotatable bonds is 4. The highest BCUT2D eigenvalue weighted by atomic mass is 79.9. The van der Waals surface area contributed by atoms with Crippen LogP contribution in [0, 0.1) is 15.9 Å². The molecule has 0 spiro atoms. The van der Waals surface area contributed by atoms with Crippen molar-refractivity contribution in [1.29, 1.82) is 0 Å². The molecule has 0 atom stereocenters. The summed E-state index contributed by atoms with van der Waals surface area (Å²) < 4.78 is 19.3. The minimum Gasteiger partial charge on any atom is -0.450 e. The standard InChI is InChI=1S/C13H9BrFNO4/c14-9-2-1-8(7-17)12(5-9)20-13-6-10(15)3-4-11(13)16(18)19/h1-6,17H,7H2. The topological polar surface area (TPSA) is 72.6 Å². The van der Waals surface area contributed by atoms with Gasteiger partial charge in [0.05, 0.1) is 11.5 Å². The molecule has 0 heterocycles. The number of nitrogens with zero attached hydrogens (tertiary/aromatic N) is 1. The third kappa shape index (κ3) is 3.12. The number of hydrogen-bond donors (Lipinski definition) is 1. The van der Waals surface area contributed by atoms with Gasteiger partial charge in [-0.05, 0) is 18.2 Å². The largest absolute Gasteiger partial charge is 0.450 e. The van der Waals surface area contributed by atoms with Gasteiger partial charge in [-0.1, -0.05) is 22.0 Å². The lowest BCUT2D eigenvalue weighted by molar-refractivity contribution is -0.385. The van der Waals surface area contributed by atoms with Crippen LogP contribution >= 0.6 is 15.9 Å². The van der Waals surface area contributed by atoms with E-state index < -0.39 is 10.7 Å². The molecule has 0 fully saturated rings. The summed E-state index contributed by atoms with van der Waals surface area (Å²) in [4.78, 5) is 10.2. The van der Waals surface area contributed by atoms with Gasteiger partial charge in [-0.2, -0.15) is 0 Å². The molecular formula is C13H9BrFNO4. The van der Waals surface area contributed by atoms with Gasteiger partial charge in [0.1, 0.15) is 11.6 Å². The van der Waals surface area contributed by atoms with Crippen molar-refractivity contribution in [2.45, 2.75) is 6.61 Å². The quantitative estimate of drug-likeness (QED) is 0.678. The molecule has 2 aromatic carbocycles. The van der Waals surface area contributed by atoms with Crippen LogP contribution in [-0.4, -0.2) is 10.0 Å². The van der Waals surface area contributed by atoms with Crippen LogP contribution in [0.3, 0.4) is 0 Å². The molecule has 2 aromatic rings. The predicted molar refractivity (Wildman–Crippen MR) is 73.2 cm³/mol. The van der Waals surface area contributed by atoms with Crippen molar-refractivity contribution in [3.63, 3.8) is 0 Å². The van der Waals surface area contributed by atoms with Gasteiger partial charge in [-0.25, -0.2) is 4.39 Å². The minimum absolute atomic E-state index is 0.218. The lowest BCUT2D eigenvalue weighted by Gasteiger charge is -2.10. The Morgan fingerprint density at radius 3 is 2.65 bits per heavy atom. The maximum absolute atomic E-state index is 13.2. The smallest absolute Gasteiger partial charge is 0.311 e. The summed E-state index contributed by atoms with van der Waals surface area (Å²) in [5.74, 6) is -0.649. The zero-order valence-electron chi connectivity index (χ0n) is 10.0. The summed E-state index contributed by atoms with van der Waals surface area (Å²) in [6.45, 7) is -0.300. The van der Waals surface area contributed by atoms with E-state index in [4.69, 9.17) is 4.74 Å². The molecule has 0 bridgehead atoms. The number of nitro benzene ring substituents is 1. The number of ether oxygens (including phenoxy) is 1. The number of halogens is 2. The van der Waals surface area contributed by atoms with E-state index in [1.807, 2.05) is 0 Å². The normalized spacial score (nSPS) is 10.3. The number of hydrogen-bond acceptors (Lipinski definition) is 4. The molecule has 2 rings (SSSR count). The van der Waals surface area contributed by atoms with Crippen LogP contribution in [0.2, 0.25) is 0 Å². The Bertz CT molecular complexity index is 663. The first-order valence-corrected chi connectivity index (χ1v) is 6.31. The highest BCUT2D eigenvalue weighted by Gasteiger charge is 2.18. The van der Waals surface area contributed by atoms with Crippen LogP contribution in [0.25, 0.3) is 0 Å². The van der Waals surface area contributed by atoms with Crippen LogP contribution in [-0.2, 0) is 6.61 Å². The Hall–Kier alpha value is -1.99. The average Bonchev–Trinajstić information content (AvgIpc) is 2.38. The van der Waals surface area contributed by atoms with E-state index in [0.717, 1.165) is 18.2 Å². The molecule has 0 radical (unpaired) electrons. The lowest BCUT2D eigenvalue weighted by atomic mass is 10.2. The van der Waals surface area contributed by atoms with E-state index in [2.05, 4.69) is 15.9 Å². The van der Waals surface area contributed by atoms with Crippen molar-refractivity contribution in [1.82, 2.24) is 0 Å². The first-order valence-electron chi connectivity index (χ1n) is 5.52. The van der Waals surface area contributed by atoms with Gasteiger partial charge in [0.15, 0.2) is 0 Å². The summed E-state index contributed by atoms with van der Waals surface area (Å²) in [7, 11) is 0. The van der Waals surface area contributed by atoms with Crippen LogP contribution in [0.1, 0.15) is 5.56 Å². The Kier molecular flexibility index (Phi) is 4.31. The zero-order chi connectivity index (χ0) is 14.7. The first kappa shape index (κ1) is 14.4. The number of nitro groups is 1. The molecule has 0 amide bonds. The number of benzene rings is 2. The third-order valence-electron chi connectivity index (χ3n) is 2.54. The van der Waals surface area contributed by atoms with Crippen molar-refractivity contribution in [3.8, 4) is 11.5 Å². The summed E-state index contributed by atoms with van der Waals surface area (Å²) in [6, 6.07) is 7.78. The highest BCUT2D eigenvalue weighted by Crippen LogP contribution is 2.34. The first-order chi connectivity index (χ1) is 9.51. The predicted octanol–water partition coefficient (Wildman–Crippen LogP) is 3.78. The summed E-state index contributed by atoms with van der Waals surface area (Å²) in [5.41, 5.74) is 0.0852. The zero-order valence-corrected chi connectivity index (χ0v) is 11.6. The lowest BCUT2D eigenvalue weighted by Crippen LogP contribution is -1.97. The second kappa shape index (κ2) is 5.98. The van der Waals surface area contributed by atoms with Crippen LogP contribution < -0.4 is 4.74 Å². The van der Waals surface area contributed by atoms with E-state index >= 15 is 0 Å². The fourth-order valence-electron chi connectivity index (χ4n) is 1.59. The van der Waals surface area contributed by atoms with E-state index in [0.29, 0.717) is 10.0 Å². The van der Waals surface area contributed by atoms with Crippen molar-refractivity contribution in [2.75, 3.05) is 0 Å². The van der Waals surface area contributed by atoms with Gasteiger partial charge >= 0.3 is 5.69 Å². The SMILES string of the molecule is O=[N+]([O-])c1ccc(F)cc1Oc1cc(Br)ccc1CO. The minimum atomic E-state index is -0.661. The fraction of sp³-hybridized carbons (Fsp3) is 0.0769. The van der Waals surface area contributed by atoms with Gasteiger partial charge < -0.3 is 9.84 Å². The van der Waals surface area contributed by atoms with Gasteiger partial charge in [0, 0.05) is 22.2 Å². The maximum atomic E-state index is 13.2. The van der Waals surface area contributed by atoms with Gasteiger partial charge in [0.25, 0.3) is 0 Å². The van der Waals surface area contributed by atoms with Gasteiger partial charge in [-0.3, -0.25) is 10.1 Å². The number of aliphatic hydroxyl groups is 1. The average molecular weight is 342 g/mol. The highest BCUT2D eigenvalue weighted by molar-refractivity contribution is 9.10. The Labute approximate surface area is 121 Å². The van der Waals surface area contributed by atoms with E-state index in [-0.39, 0.29) is 23.8 Å². The molecule has 5 nitrogen and oxygen atoms in total. The molecule has 7 heteroatoms. The third-order valence-corrected chi connectivity index (χ3v) is 3.03. The van der Waals surface area contributed by atoms with Crippen molar-refractivity contribution < 1.29 is 19.2 Å². The van der Waals surface area contributed by atoms with E-state index in [1.165, 1.54) is 0 Å². The van der Waals surface area contributed by atoms with Crippen molar-refractivity contribution in [3.05, 3.63) is 62.4 Å². The monoisotopic (exact) mass is 341 g/mol. The van der Waals surface area contributed by atoms with E-state index in [9.17, 15) is 19.6 Å². The molecule has 1 N–H and O–H groups in total. The molecule has 0 aliphatic carbocycles. The second-order valence-corrected chi connectivity index (χ2v) is 4.80. The van der Waals surface area contributed by atoms with Crippen molar-refractivity contribution in [2.24, 2.45) is 0 Å². The molecule has 0 aliphatic heterocycles. The molecule has 104 valence electrons. The molecule has 0 saturated heterocycles. The summed E-state index contributed by atoms with van der Waals surface area (Å²) in [5, 5.41) is 20.1. The molecular weight excluding hydrogens is 333 g/mol. The molecule has 0 aromatic heterocycles. The second-order valence-electron chi connectivity index (χ2n) is 3.88. The van der Waals surface area contributed by atoms with E-state index in [1.54, 1.807) is 18.2 Å². The molecule has 0 unspecified atom stereocenters. The Morgan fingerprint density at radius 1 is 1.25 bits per heavy atom. The molecule has 20 heavy (non-hydrogen) atoms. The molecule has 0 aliphatic rings. The molecule has 0 saturated carbocycles. The fourth-order valence-corrected chi connectivity index (χ4v) is 1.93. The summed E-state index contributed by atoms with van der Waals surface area (Å²) in [6.07, 6.45) is 0. The number of aliphatic hydroxyl groups excluding tert-OH is 1. The summed E-state index contributed by atoms with van der Waals surface area (Å²) >= 11 is 3.23. The van der Waals surface area contributed by atoms with Gasteiger partial charge in [-0.15, -0.1) is 0 Å². The van der Waals surface area contributed by atoms with Crippen LogP contribution in [0.5, 0.6) is 11.5 Å². The van der Waals surface area contributed by atoms with Crippen LogP contribution in [0.4, 0.5) is 10.1 Å². The van der Waals surface area contributed by atoms with Crippen LogP contribution in [0.15, 0.2) is 40.9 Å². The Morgan fingerprint density at radius 2 is 2.00 bits per heavy atom. The van der Waals surface area contributed by atoms with Gasteiger partial charge in [0.2, 0.25) is 5.75 Å². The van der Waals surface area contributed by atoms with Crippen molar-refractivity contribution >= 4 is 21.6 Å². The maximum Gasteiger partial charge on any atom is 0.311 e.